The Bertz CT molecular complexity index is 678. The molecular weight excluding hydrogens is 279 g/mol. The number of benzene rings is 1. The summed E-state index contributed by atoms with van der Waals surface area (Å²) in [6, 6.07) is 12.2. The number of hydrogen-bond acceptors (Lipinski definition) is 4. The molecule has 0 radical (unpaired) electrons. The van der Waals surface area contributed by atoms with Gasteiger partial charge in [-0.05, 0) is 48.7 Å². The van der Waals surface area contributed by atoms with E-state index in [1.54, 1.807) is 18.3 Å². The summed E-state index contributed by atoms with van der Waals surface area (Å²) >= 11 is 0. The Morgan fingerprint density at radius 3 is 2.91 bits per heavy atom. The van der Waals surface area contributed by atoms with Crippen LogP contribution in [0.25, 0.3) is 0 Å². The van der Waals surface area contributed by atoms with Crippen LogP contribution in [0.15, 0.2) is 42.6 Å². The Morgan fingerprint density at radius 2 is 2.14 bits per heavy atom. The van der Waals surface area contributed by atoms with Crippen molar-refractivity contribution in [3.8, 4) is 6.07 Å². The minimum Gasteiger partial charge on any atom is -0.371 e. The molecule has 2 heterocycles. The SMILES string of the molecule is N#Cc1ccnc(NCC2CCN(c3ccc(F)cc3)C2)c1. The first-order valence-corrected chi connectivity index (χ1v) is 7.35. The molecular formula is C17H17FN4. The number of pyridine rings is 1. The predicted molar refractivity (Wildman–Crippen MR) is 84.2 cm³/mol. The predicted octanol–water partition coefficient (Wildman–Crippen LogP) is 3.03. The maximum Gasteiger partial charge on any atom is 0.127 e. The Labute approximate surface area is 129 Å². The van der Waals surface area contributed by atoms with Crippen LogP contribution < -0.4 is 10.2 Å². The van der Waals surface area contributed by atoms with Crippen LogP contribution in [0.4, 0.5) is 15.9 Å². The molecule has 1 unspecified atom stereocenters. The van der Waals surface area contributed by atoms with E-state index >= 15 is 0 Å². The van der Waals surface area contributed by atoms with Gasteiger partial charge in [0.05, 0.1) is 11.6 Å². The number of rotatable bonds is 4. The molecule has 1 fully saturated rings. The maximum atomic E-state index is 13.0. The fourth-order valence-electron chi connectivity index (χ4n) is 2.73. The van der Waals surface area contributed by atoms with Crippen molar-refractivity contribution in [3.63, 3.8) is 0 Å². The highest BCUT2D eigenvalue weighted by Gasteiger charge is 2.22. The molecule has 0 spiro atoms. The first-order valence-electron chi connectivity index (χ1n) is 7.35. The van der Waals surface area contributed by atoms with E-state index in [9.17, 15) is 4.39 Å². The highest BCUT2D eigenvalue weighted by atomic mass is 19.1. The van der Waals surface area contributed by atoms with Gasteiger partial charge in [0.15, 0.2) is 0 Å². The van der Waals surface area contributed by atoms with Crippen molar-refractivity contribution >= 4 is 11.5 Å². The third kappa shape index (κ3) is 3.34. The molecule has 1 aromatic carbocycles. The van der Waals surface area contributed by atoms with Gasteiger partial charge < -0.3 is 10.2 Å². The molecule has 1 aliphatic heterocycles. The molecule has 1 saturated heterocycles. The van der Waals surface area contributed by atoms with Crippen molar-refractivity contribution in [2.75, 3.05) is 29.9 Å². The van der Waals surface area contributed by atoms with E-state index in [1.807, 2.05) is 12.1 Å². The van der Waals surface area contributed by atoms with Gasteiger partial charge in [0, 0.05) is 31.5 Å². The number of halogens is 1. The van der Waals surface area contributed by atoms with Crippen LogP contribution in [0, 0.1) is 23.1 Å². The Balaban J connectivity index is 1.55. The van der Waals surface area contributed by atoms with Crippen molar-refractivity contribution in [2.45, 2.75) is 6.42 Å². The molecule has 0 aliphatic carbocycles. The molecule has 5 heteroatoms. The molecule has 1 aromatic heterocycles. The van der Waals surface area contributed by atoms with Gasteiger partial charge in [0.2, 0.25) is 0 Å². The van der Waals surface area contributed by atoms with Crippen LogP contribution in [0.1, 0.15) is 12.0 Å². The van der Waals surface area contributed by atoms with Crippen LogP contribution in [-0.2, 0) is 0 Å². The van der Waals surface area contributed by atoms with Gasteiger partial charge in [-0.3, -0.25) is 0 Å². The monoisotopic (exact) mass is 296 g/mol. The lowest BCUT2D eigenvalue weighted by molar-refractivity contribution is 0.620. The third-order valence-corrected chi connectivity index (χ3v) is 3.94. The van der Waals surface area contributed by atoms with E-state index in [1.165, 1.54) is 12.1 Å². The normalized spacial score (nSPS) is 17.3. The molecule has 112 valence electrons. The average Bonchev–Trinajstić information content (AvgIpc) is 3.03. The lowest BCUT2D eigenvalue weighted by Crippen LogP contribution is -2.22. The topological polar surface area (TPSA) is 52.0 Å². The lowest BCUT2D eigenvalue weighted by atomic mass is 10.1. The smallest absolute Gasteiger partial charge is 0.127 e. The van der Waals surface area contributed by atoms with Crippen LogP contribution in [-0.4, -0.2) is 24.6 Å². The van der Waals surface area contributed by atoms with Crippen molar-refractivity contribution < 1.29 is 4.39 Å². The summed E-state index contributed by atoms with van der Waals surface area (Å²) in [7, 11) is 0. The zero-order valence-electron chi connectivity index (χ0n) is 12.2. The summed E-state index contributed by atoms with van der Waals surface area (Å²) in [6.07, 6.45) is 2.72. The molecule has 4 nitrogen and oxygen atoms in total. The van der Waals surface area contributed by atoms with E-state index in [0.29, 0.717) is 11.5 Å². The Morgan fingerprint density at radius 1 is 1.32 bits per heavy atom. The van der Waals surface area contributed by atoms with Gasteiger partial charge in [0.1, 0.15) is 11.6 Å². The third-order valence-electron chi connectivity index (χ3n) is 3.94. The van der Waals surface area contributed by atoms with Gasteiger partial charge in [-0.25, -0.2) is 9.37 Å². The van der Waals surface area contributed by atoms with Crippen molar-refractivity contribution in [1.29, 1.82) is 5.26 Å². The Kier molecular flexibility index (Phi) is 4.19. The molecule has 22 heavy (non-hydrogen) atoms. The summed E-state index contributed by atoms with van der Waals surface area (Å²) in [4.78, 5) is 6.49. The standard InChI is InChI=1S/C17H17FN4/c18-15-1-3-16(4-2-15)22-8-6-14(12-22)11-21-17-9-13(10-19)5-7-20-17/h1-5,7,9,14H,6,8,11-12H2,(H,20,21). The molecule has 1 atom stereocenters. The molecule has 2 aromatic rings. The highest BCUT2D eigenvalue weighted by Crippen LogP contribution is 2.24. The quantitative estimate of drug-likeness (QED) is 0.942. The highest BCUT2D eigenvalue weighted by molar-refractivity contribution is 5.47. The maximum absolute atomic E-state index is 13.0. The fraction of sp³-hybridized carbons (Fsp3) is 0.294. The molecule has 1 aliphatic rings. The number of nitrogens with zero attached hydrogens (tertiary/aromatic N) is 3. The van der Waals surface area contributed by atoms with Gasteiger partial charge in [-0.1, -0.05) is 0 Å². The molecule has 0 bridgehead atoms. The van der Waals surface area contributed by atoms with Crippen LogP contribution in [0.3, 0.4) is 0 Å². The number of anilines is 2. The summed E-state index contributed by atoms with van der Waals surface area (Å²) in [5, 5.41) is 12.2. The first kappa shape index (κ1) is 14.3. The van der Waals surface area contributed by atoms with E-state index in [0.717, 1.165) is 37.6 Å². The Hall–Kier alpha value is -2.61. The van der Waals surface area contributed by atoms with Crippen molar-refractivity contribution in [1.82, 2.24) is 4.98 Å². The van der Waals surface area contributed by atoms with Gasteiger partial charge in [-0.2, -0.15) is 5.26 Å². The molecule has 1 N–H and O–H groups in total. The van der Waals surface area contributed by atoms with Crippen LogP contribution >= 0.6 is 0 Å². The number of hydrogen-bond donors (Lipinski definition) is 1. The summed E-state index contributed by atoms with van der Waals surface area (Å²) in [5.41, 5.74) is 1.67. The molecule has 0 amide bonds. The molecule has 3 rings (SSSR count). The van der Waals surface area contributed by atoms with Gasteiger partial charge in [0.25, 0.3) is 0 Å². The zero-order valence-corrected chi connectivity index (χ0v) is 12.2. The number of nitriles is 1. The fourth-order valence-corrected chi connectivity index (χ4v) is 2.73. The van der Waals surface area contributed by atoms with Crippen molar-refractivity contribution in [3.05, 3.63) is 54.0 Å². The van der Waals surface area contributed by atoms with E-state index in [2.05, 4.69) is 21.3 Å². The minimum absolute atomic E-state index is 0.204. The second-order valence-electron chi connectivity index (χ2n) is 5.50. The number of nitrogens with one attached hydrogen (secondary N) is 1. The average molecular weight is 296 g/mol. The lowest BCUT2D eigenvalue weighted by Gasteiger charge is -2.19. The number of aromatic nitrogens is 1. The minimum atomic E-state index is -0.204. The van der Waals surface area contributed by atoms with Crippen molar-refractivity contribution in [2.24, 2.45) is 5.92 Å². The zero-order chi connectivity index (χ0) is 15.4. The van der Waals surface area contributed by atoms with E-state index in [-0.39, 0.29) is 5.82 Å². The van der Waals surface area contributed by atoms with Gasteiger partial charge in [-0.15, -0.1) is 0 Å². The molecule has 0 saturated carbocycles. The summed E-state index contributed by atoms with van der Waals surface area (Å²) in [6.45, 7) is 2.74. The van der Waals surface area contributed by atoms with E-state index < -0.39 is 0 Å². The van der Waals surface area contributed by atoms with Gasteiger partial charge >= 0.3 is 0 Å². The summed E-state index contributed by atoms with van der Waals surface area (Å²) in [5.74, 6) is 1.04. The van der Waals surface area contributed by atoms with Crippen LogP contribution in [0.2, 0.25) is 0 Å². The van der Waals surface area contributed by atoms with E-state index in [4.69, 9.17) is 5.26 Å². The summed E-state index contributed by atoms with van der Waals surface area (Å²) < 4.78 is 13.0. The second-order valence-corrected chi connectivity index (χ2v) is 5.50. The largest absolute Gasteiger partial charge is 0.371 e. The first-order chi connectivity index (χ1) is 10.7. The second kappa shape index (κ2) is 6.44. The van der Waals surface area contributed by atoms with Crippen LogP contribution in [0.5, 0.6) is 0 Å².